The van der Waals surface area contributed by atoms with Crippen LogP contribution >= 0.6 is 27.5 Å². The van der Waals surface area contributed by atoms with Gasteiger partial charge in [0.05, 0.1) is 16.6 Å². The van der Waals surface area contributed by atoms with Crippen LogP contribution in [0.4, 0.5) is 4.39 Å². The minimum atomic E-state index is -0.992. The molecule has 0 heterocycles. The van der Waals surface area contributed by atoms with Crippen LogP contribution in [0.2, 0.25) is 5.02 Å². The molecule has 2 aromatic rings. The number of methoxy groups -OCH3 is 1. The van der Waals surface area contributed by atoms with Crippen molar-refractivity contribution in [3.8, 4) is 5.75 Å². The third-order valence-electron chi connectivity index (χ3n) is 2.98. The maximum absolute atomic E-state index is 13.6. The lowest BCUT2D eigenvalue weighted by Gasteiger charge is -2.08. The van der Waals surface area contributed by atoms with Crippen molar-refractivity contribution < 1.29 is 23.5 Å². The highest BCUT2D eigenvalue weighted by Gasteiger charge is 2.19. The van der Waals surface area contributed by atoms with Gasteiger partial charge in [0.25, 0.3) is 0 Å². The molecule has 0 aromatic heterocycles. The summed E-state index contributed by atoms with van der Waals surface area (Å²) in [6.07, 6.45) is 0. The molecule has 0 aliphatic rings. The smallest absolute Gasteiger partial charge is 0.343 e. The Bertz CT molecular complexity index is 743. The first-order chi connectivity index (χ1) is 10.9. The van der Waals surface area contributed by atoms with Gasteiger partial charge >= 0.3 is 5.97 Å². The van der Waals surface area contributed by atoms with Crippen molar-refractivity contribution in [2.24, 2.45) is 0 Å². The second-order valence-electron chi connectivity index (χ2n) is 4.45. The molecular formula is C16H11BrClFO4. The van der Waals surface area contributed by atoms with E-state index in [1.54, 1.807) is 12.1 Å². The number of halogens is 3. The van der Waals surface area contributed by atoms with Crippen LogP contribution in [-0.4, -0.2) is 25.5 Å². The molecule has 0 aliphatic heterocycles. The van der Waals surface area contributed by atoms with Crippen LogP contribution in [0.15, 0.2) is 40.9 Å². The molecule has 0 saturated carbocycles. The topological polar surface area (TPSA) is 52.6 Å². The summed E-state index contributed by atoms with van der Waals surface area (Å²) in [5, 5.41) is -0.0744. The number of esters is 1. The summed E-state index contributed by atoms with van der Waals surface area (Å²) in [6, 6.07) is 8.51. The van der Waals surface area contributed by atoms with E-state index >= 15 is 0 Å². The summed E-state index contributed by atoms with van der Waals surface area (Å²) >= 11 is 9.02. The quantitative estimate of drug-likeness (QED) is 0.554. The Morgan fingerprint density at radius 2 is 2.00 bits per heavy atom. The molecule has 0 aliphatic carbocycles. The fourth-order valence-electron chi connectivity index (χ4n) is 1.82. The number of hydrogen-bond donors (Lipinski definition) is 0. The predicted octanol–water partition coefficient (Wildman–Crippen LogP) is 4.29. The fourth-order valence-corrected chi connectivity index (χ4v) is 2.60. The van der Waals surface area contributed by atoms with Gasteiger partial charge in [-0.1, -0.05) is 17.7 Å². The first-order valence-electron chi connectivity index (χ1n) is 6.42. The molecule has 0 amide bonds. The van der Waals surface area contributed by atoms with E-state index < -0.39 is 29.7 Å². The van der Waals surface area contributed by atoms with Crippen molar-refractivity contribution in [2.45, 2.75) is 0 Å². The van der Waals surface area contributed by atoms with Gasteiger partial charge in [-0.2, -0.15) is 0 Å². The summed E-state index contributed by atoms with van der Waals surface area (Å²) in [7, 11) is 1.50. The maximum atomic E-state index is 13.6. The van der Waals surface area contributed by atoms with Gasteiger partial charge in [0.15, 0.2) is 12.4 Å². The van der Waals surface area contributed by atoms with E-state index in [0.29, 0.717) is 15.8 Å². The van der Waals surface area contributed by atoms with Crippen molar-refractivity contribution in [1.82, 2.24) is 0 Å². The number of carbonyl (C=O) groups excluding carboxylic acids is 2. The number of ketones is 1. The van der Waals surface area contributed by atoms with Crippen molar-refractivity contribution in [2.75, 3.05) is 13.7 Å². The van der Waals surface area contributed by atoms with Crippen LogP contribution in [0, 0.1) is 5.82 Å². The Hall–Kier alpha value is -1.92. The zero-order valence-corrected chi connectivity index (χ0v) is 14.3. The molecule has 0 unspecified atom stereocenters. The van der Waals surface area contributed by atoms with Crippen LogP contribution in [0.25, 0.3) is 0 Å². The Morgan fingerprint density at radius 3 is 2.61 bits per heavy atom. The number of rotatable bonds is 5. The van der Waals surface area contributed by atoms with E-state index in [0.717, 1.165) is 6.07 Å². The molecule has 0 saturated heterocycles. The minimum absolute atomic E-state index is 0.0744. The van der Waals surface area contributed by atoms with Crippen molar-refractivity contribution in [3.63, 3.8) is 0 Å². The van der Waals surface area contributed by atoms with Crippen LogP contribution in [0.3, 0.4) is 0 Å². The number of hydrogen-bond acceptors (Lipinski definition) is 4. The molecule has 120 valence electrons. The molecule has 0 N–H and O–H groups in total. The van der Waals surface area contributed by atoms with E-state index in [1.165, 1.54) is 25.3 Å². The molecule has 0 atom stereocenters. The van der Waals surface area contributed by atoms with Crippen molar-refractivity contribution in [3.05, 3.63) is 62.8 Å². The molecule has 0 fully saturated rings. The van der Waals surface area contributed by atoms with Gasteiger partial charge in [0.2, 0.25) is 0 Å². The summed E-state index contributed by atoms with van der Waals surface area (Å²) in [6.45, 7) is -0.526. The highest BCUT2D eigenvalue weighted by Crippen LogP contribution is 2.26. The predicted molar refractivity (Wildman–Crippen MR) is 86.7 cm³/mol. The van der Waals surface area contributed by atoms with E-state index in [2.05, 4.69) is 15.9 Å². The highest BCUT2D eigenvalue weighted by molar-refractivity contribution is 9.10. The highest BCUT2D eigenvalue weighted by atomic mass is 79.9. The lowest BCUT2D eigenvalue weighted by atomic mass is 10.1. The van der Waals surface area contributed by atoms with Crippen molar-refractivity contribution >= 4 is 39.3 Å². The van der Waals surface area contributed by atoms with Gasteiger partial charge in [-0.15, -0.1) is 0 Å². The Balaban J connectivity index is 2.07. The van der Waals surface area contributed by atoms with Crippen LogP contribution < -0.4 is 4.74 Å². The molecule has 0 bridgehead atoms. The molecular weight excluding hydrogens is 391 g/mol. The standard InChI is InChI=1S/C16H11BrClFO4/c1-22-14-6-5-9(7-10(14)17)13(20)8-23-16(21)15-11(18)3-2-4-12(15)19/h2-7H,8H2,1H3. The largest absolute Gasteiger partial charge is 0.496 e. The average Bonchev–Trinajstić information content (AvgIpc) is 2.52. The average molecular weight is 402 g/mol. The number of Topliss-reactive ketones (excluding diaryl/α,β-unsaturated/α-hetero) is 1. The van der Waals surface area contributed by atoms with Gasteiger partial charge in [0.1, 0.15) is 17.1 Å². The van der Waals surface area contributed by atoms with Crippen molar-refractivity contribution in [1.29, 1.82) is 0 Å². The molecule has 7 heteroatoms. The summed E-state index contributed by atoms with van der Waals surface area (Å²) < 4.78 is 24.1. The van der Waals surface area contributed by atoms with Gasteiger partial charge in [-0.3, -0.25) is 4.79 Å². The monoisotopic (exact) mass is 400 g/mol. The third-order valence-corrected chi connectivity index (χ3v) is 3.91. The molecule has 4 nitrogen and oxygen atoms in total. The SMILES string of the molecule is COc1ccc(C(=O)COC(=O)c2c(F)cccc2Cl)cc1Br. The normalized spacial score (nSPS) is 10.3. The van der Waals surface area contributed by atoms with Crippen LogP contribution in [0.5, 0.6) is 5.75 Å². The van der Waals surface area contributed by atoms with E-state index in [9.17, 15) is 14.0 Å². The number of carbonyl (C=O) groups is 2. The zero-order chi connectivity index (χ0) is 17.0. The zero-order valence-electron chi connectivity index (χ0n) is 11.9. The van der Waals surface area contributed by atoms with E-state index in [-0.39, 0.29) is 5.02 Å². The summed E-state index contributed by atoms with van der Waals surface area (Å²) in [4.78, 5) is 23.9. The van der Waals surface area contributed by atoms with Crippen LogP contribution in [0.1, 0.15) is 20.7 Å². The van der Waals surface area contributed by atoms with Crippen LogP contribution in [-0.2, 0) is 4.74 Å². The Kier molecular flexibility index (Phi) is 5.74. The Morgan fingerprint density at radius 1 is 1.26 bits per heavy atom. The first kappa shape index (κ1) is 17.4. The van der Waals surface area contributed by atoms with E-state index in [1.807, 2.05) is 0 Å². The molecule has 2 aromatic carbocycles. The van der Waals surface area contributed by atoms with Gasteiger partial charge in [-0.25, -0.2) is 9.18 Å². The third kappa shape index (κ3) is 4.09. The second-order valence-corrected chi connectivity index (χ2v) is 5.71. The molecule has 2 rings (SSSR count). The molecule has 0 spiro atoms. The first-order valence-corrected chi connectivity index (χ1v) is 7.59. The molecule has 0 radical (unpaired) electrons. The molecule has 23 heavy (non-hydrogen) atoms. The minimum Gasteiger partial charge on any atom is -0.496 e. The number of benzene rings is 2. The lowest BCUT2D eigenvalue weighted by molar-refractivity contribution is 0.0470. The summed E-state index contributed by atoms with van der Waals surface area (Å²) in [5.41, 5.74) is -0.0667. The fraction of sp³-hybridized carbons (Fsp3) is 0.125. The van der Waals surface area contributed by atoms with E-state index in [4.69, 9.17) is 21.1 Å². The number of ether oxygens (including phenoxy) is 2. The van der Waals surface area contributed by atoms with Gasteiger partial charge in [0, 0.05) is 5.56 Å². The lowest BCUT2D eigenvalue weighted by Crippen LogP contribution is -2.15. The second kappa shape index (κ2) is 7.57. The summed E-state index contributed by atoms with van der Waals surface area (Å²) in [5.74, 6) is -1.66. The maximum Gasteiger partial charge on any atom is 0.343 e. The Labute approximate surface area is 145 Å². The van der Waals surface area contributed by atoms with Gasteiger partial charge in [-0.05, 0) is 46.3 Å². The van der Waals surface area contributed by atoms with Gasteiger partial charge < -0.3 is 9.47 Å².